The number of rotatable bonds is 5. The number of likely N-dealkylation sites (tertiary alicyclic amines) is 1. The molecule has 3 aromatic rings. The third-order valence-electron chi connectivity index (χ3n) is 5.23. The van der Waals surface area contributed by atoms with Gasteiger partial charge < -0.3 is 9.64 Å². The van der Waals surface area contributed by atoms with Gasteiger partial charge in [-0.25, -0.2) is 4.98 Å². The summed E-state index contributed by atoms with van der Waals surface area (Å²) in [6, 6.07) is 11.6. The number of aromatic nitrogens is 3. The maximum atomic E-state index is 12.8. The zero-order chi connectivity index (χ0) is 20.1. The van der Waals surface area contributed by atoms with Gasteiger partial charge in [-0.1, -0.05) is 24.3 Å². The van der Waals surface area contributed by atoms with Crippen LogP contribution in [-0.2, 0) is 11.2 Å². The first-order chi connectivity index (χ1) is 14.2. The highest BCUT2D eigenvalue weighted by atomic mass is 16.5. The van der Waals surface area contributed by atoms with E-state index in [2.05, 4.69) is 15.0 Å². The van der Waals surface area contributed by atoms with Crippen molar-refractivity contribution in [2.24, 2.45) is 0 Å². The number of carbonyl (C=O) groups is 1. The smallest absolute Gasteiger partial charge is 0.241 e. The predicted octanol–water partition coefficient (Wildman–Crippen LogP) is 3.92. The molecule has 0 spiro atoms. The van der Waals surface area contributed by atoms with Gasteiger partial charge in [0.15, 0.2) is 0 Å². The number of carbonyl (C=O) groups excluding carboxylic acids is 1. The quantitative estimate of drug-likeness (QED) is 0.663. The van der Waals surface area contributed by atoms with Gasteiger partial charge in [0.1, 0.15) is 11.4 Å². The number of hydrogen-bond acceptors (Lipinski definition) is 5. The number of aryl methyl sites for hydroxylation is 1. The van der Waals surface area contributed by atoms with E-state index in [1.54, 1.807) is 24.8 Å². The average Bonchev–Trinajstić information content (AvgIpc) is 2.76. The largest absolute Gasteiger partial charge is 0.437 e. The SMILES string of the molecule is Cc1ccccc1Oc1nccnc1C1CCCN(C(=O)Cc2cccnc2)C1. The van der Waals surface area contributed by atoms with Crippen molar-refractivity contribution in [3.63, 3.8) is 0 Å². The van der Waals surface area contributed by atoms with Crippen LogP contribution < -0.4 is 4.74 Å². The minimum absolute atomic E-state index is 0.106. The van der Waals surface area contributed by atoms with Crippen LogP contribution in [0.4, 0.5) is 0 Å². The second kappa shape index (κ2) is 8.82. The second-order valence-corrected chi connectivity index (χ2v) is 7.33. The van der Waals surface area contributed by atoms with Crippen LogP contribution in [-0.4, -0.2) is 38.8 Å². The third kappa shape index (κ3) is 4.59. The molecule has 1 aliphatic heterocycles. The van der Waals surface area contributed by atoms with Crippen LogP contribution in [0, 0.1) is 6.92 Å². The van der Waals surface area contributed by atoms with Crippen LogP contribution in [0.3, 0.4) is 0 Å². The van der Waals surface area contributed by atoms with Crippen LogP contribution in [0.2, 0.25) is 0 Å². The summed E-state index contributed by atoms with van der Waals surface area (Å²) in [5.41, 5.74) is 2.79. The van der Waals surface area contributed by atoms with Gasteiger partial charge in [0, 0.05) is 43.8 Å². The summed E-state index contributed by atoms with van der Waals surface area (Å²) >= 11 is 0. The Balaban J connectivity index is 1.50. The van der Waals surface area contributed by atoms with E-state index < -0.39 is 0 Å². The lowest BCUT2D eigenvalue weighted by Crippen LogP contribution is -2.40. The highest BCUT2D eigenvalue weighted by molar-refractivity contribution is 5.78. The Bertz CT molecular complexity index is 977. The fraction of sp³-hybridized carbons (Fsp3) is 0.304. The molecule has 4 rings (SSSR count). The van der Waals surface area contributed by atoms with Crippen LogP contribution in [0.1, 0.15) is 35.6 Å². The van der Waals surface area contributed by atoms with E-state index >= 15 is 0 Å². The van der Waals surface area contributed by atoms with E-state index in [4.69, 9.17) is 4.74 Å². The maximum absolute atomic E-state index is 12.8. The van der Waals surface area contributed by atoms with Gasteiger partial charge >= 0.3 is 0 Å². The fourth-order valence-electron chi connectivity index (χ4n) is 3.69. The molecule has 0 bridgehead atoms. The highest BCUT2D eigenvalue weighted by Crippen LogP contribution is 2.33. The number of para-hydroxylation sites is 1. The molecule has 148 valence electrons. The lowest BCUT2D eigenvalue weighted by molar-refractivity contribution is -0.131. The molecule has 6 heteroatoms. The van der Waals surface area contributed by atoms with Crippen LogP contribution >= 0.6 is 0 Å². The molecule has 2 aromatic heterocycles. The summed E-state index contributed by atoms with van der Waals surface area (Å²) in [5, 5.41) is 0. The Labute approximate surface area is 170 Å². The summed E-state index contributed by atoms with van der Waals surface area (Å²) in [4.78, 5) is 27.8. The van der Waals surface area contributed by atoms with Crippen molar-refractivity contribution >= 4 is 5.91 Å². The van der Waals surface area contributed by atoms with E-state index in [0.29, 0.717) is 18.8 Å². The number of hydrogen-bond donors (Lipinski definition) is 0. The van der Waals surface area contributed by atoms with E-state index in [1.807, 2.05) is 48.2 Å². The van der Waals surface area contributed by atoms with Crippen molar-refractivity contribution in [2.45, 2.75) is 32.1 Å². The van der Waals surface area contributed by atoms with E-state index in [0.717, 1.165) is 42.0 Å². The Kier molecular flexibility index (Phi) is 5.79. The van der Waals surface area contributed by atoms with Crippen molar-refractivity contribution in [3.05, 3.63) is 78.0 Å². The number of piperidine rings is 1. The van der Waals surface area contributed by atoms with Crippen molar-refractivity contribution in [2.75, 3.05) is 13.1 Å². The zero-order valence-corrected chi connectivity index (χ0v) is 16.5. The first-order valence-electron chi connectivity index (χ1n) is 9.92. The molecule has 6 nitrogen and oxygen atoms in total. The highest BCUT2D eigenvalue weighted by Gasteiger charge is 2.28. The Hall–Kier alpha value is -3.28. The van der Waals surface area contributed by atoms with E-state index in [9.17, 15) is 4.79 Å². The van der Waals surface area contributed by atoms with Crippen molar-refractivity contribution < 1.29 is 9.53 Å². The molecule has 29 heavy (non-hydrogen) atoms. The van der Waals surface area contributed by atoms with Crippen molar-refractivity contribution in [1.82, 2.24) is 19.9 Å². The number of nitrogens with zero attached hydrogens (tertiary/aromatic N) is 4. The number of ether oxygens (including phenoxy) is 1. The standard InChI is InChI=1S/C23H24N4O2/c1-17-6-2-3-9-20(17)29-23-22(25-11-12-26-23)19-8-5-13-27(16-19)21(28)14-18-7-4-10-24-15-18/h2-4,6-7,9-12,15,19H,5,8,13-14,16H2,1H3. The predicted molar refractivity (Wildman–Crippen MR) is 110 cm³/mol. The summed E-state index contributed by atoms with van der Waals surface area (Å²) in [6.45, 7) is 3.40. The normalized spacial score (nSPS) is 16.4. The summed E-state index contributed by atoms with van der Waals surface area (Å²) in [7, 11) is 0. The minimum Gasteiger partial charge on any atom is -0.437 e. The van der Waals surface area contributed by atoms with Crippen molar-refractivity contribution in [1.29, 1.82) is 0 Å². The molecule has 1 atom stereocenters. The first-order valence-corrected chi connectivity index (χ1v) is 9.92. The van der Waals surface area contributed by atoms with E-state index in [1.165, 1.54) is 0 Å². The maximum Gasteiger partial charge on any atom is 0.241 e. The van der Waals surface area contributed by atoms with Gasteiger partial charge in [-0.05, 0) is 43.0 Å². The lowest BCUT2D eigenvalue weighted by Gasteiger charge is -2.33. The Morgan fingerprint density at radius 2 is 2.00 bits per heavy atom. The monoisotopic (exact) mass is 388 g/mol. The molecule has 1 aliphatic rings. The molecule has 0 N–H and O–H groups in total. The van der Waals surface area contributed by atoms with Crippen LogP contribution in [0.5, 0.6) is 11.6 Å². The van der Waals surface area contributed by atoms with Gasteiger partial charge in [-0.15, -0.1) is 0 Å². The van der Waals surface area contributed by atoms with Gasteiger partial charge in [0.2, 0.25) is 11.8 Å². The molecule has 1 saturated heterocycles. The molecular formula is C23H24N4O2. The lowest BCUT2D eigenvalue weighted by atomic mass is 9.94. The molecule has 0 radical (unpaired) electrons. The number of benzene rings is 1. The average molecular weight is 388 g/mol. The molecule has 0 saturated carbocycles. The molecule has 1 fully saturated rings. The van der Waals surface area contributed by atoms with Gasteiger partial charge in [-0.2, -0.15) is 0 Å². The van der Waals surface area contributed by atoms with E-state index in [-0.39, 0.29) is 11.8 Å². The third-order valence-corrected chi connectivity index (χ3v) is 5.23. The topological polar surface area (TPSA) is 68.2 Å². The molecule has 1 amide bonds. The van der Waals surface area contributed by atoms with Gasteiger partial charge in [0.05, 0.1) is 6.42 Å². The molecular weight excluding hydrogens is 364 g/mol. The van der Waals surface area contributed by atoms with Crippen molar-refractivity contribution in [3.8, 4) is 11.6 Å². The van der Waals surface area contributed by atoms with Gasteiger partial charge in [0.25, 0.3) is 0 Å². The molecule has 1 unspecified atom stereocenters. The fourth-order valence-corrected chi connectivity index (χ4v) is 3.69. The summed E-state index contributed by atoms with van der Waals surface area (Å²) in [6.07, 6.45) is 9.06. The van der Waals surface area contributed by atoms with Crippen LogP contribution in [0.15, 0.2) is 61.2 Å². The Morgan fingerprint density at radius 3 is 2.83 bits per heavy atom. The summed E-state index contributed by atoms with van der Waals surface area (Å²) < 4.78 is 6.10. The molecule has 1 aromatic carbocycles. The first kappa shape index (κ1) is 19.1. The minimum atomic E-state index is 0.106. The number of amides is 1. The number of pyridine rings is 1. The van der Waals surface area contributed by atoms with Crippen LogP contribution in [0.25, 0.3) is 0 Å². The molecule has 3 heterocycles. The zero-order valence-electron chi connectivity index (χ0n) is 16.5. The van der Waals surface area contributed by atoms with Gasteiger partial charge in [-0.3, -0.25) is 14.8 Å². The summed E-state index contributed by atoms with van der Waals surface area (Å²) in [5.74, 6) is 1.52. The molecule has 0 aliphatic carbocycles. The Morgan fingerprint density at radius 1 is 1.14 bits per heavy atom. The second-order valence-electron chi connectivity index (χ2n) is 7.33.